The van der Waals surface area contributed by atoms with Crippen molar-refractivity contribution in [3.05, 3.63) is 69.8 Å². The molecule has 0 radical (unpaired) electrons. The highest BCUT2D eigenvalue weighted by Crippen LogP contribution is 2.34. The number of imide groups is 2. The molecule has 8 rings (SSSR count). The van der Waals surface area contributed by atoms with Crippen molar-refractivity contribution >= 4 is 35.8 Å². The standard InChI is InChI=1S/C21H20N4O3.C11H17N3O2.C10H5NO2/c1-2-14-8-16(11-22)10-17(9-14)18(26)24-7-6-21(13-24)19(27)25(20(28)23-21)12-15-4-3-5-15;15-9-11(4-5-12-7-11)13-10(16)14(9)6-8-2-1-3-8;1-2-7-3-8(6-11)5-9(4-7)10(12)13/h1,8-10,15H,3-7,12-13H2,(H,23,28);8,12H,1-7H2,(H,13,16);1,3-5H,(H,12,13). The number of aromatic carboxylic acids is 1. The average molecular weight is 771 g/mol. The van der Waals surface area contributed by atoms with Crippen molar-refractivity contribution in [3.63, 3.8) is 0 Å². The summed E-state index contributed by atoms with van der Waals surface area (Å²) in [6, 6.07) is 12.0. The fourth-order valence-electron chi connectivity index (χ4n) is 7.77. The first-order chi connectivity index (χ1) is 27.3. The van der Waals surface area contributed by atoms with Crippen LogP contribution < -0.4 is 16.0 Å². The van der Waals surface area contributed by atoms with E-state index in [9.17, 15) is 28.8 Å². The Kier molecular flexibility index (Phi) is 11.6. The summed E-state index contributed by atoms with van der Waals surface area (Å²) >= 11 is 0. The third-order valence-corrected chi connectivity index (χ3v) is 11.5. The highest BCUT2D eigenvalue weighted by Gasteiger charge is 2.56. The van der Waals surface area contributed by atoms with Crippen molar-refractivity contribution < 1.29 is 33.9 Å². The fraction of sp³-hybridized carbons (Fsp3) is 0.429. The highest BCUT2D eigenvalue weighted by molar-refractivity contribution is 6.08. The summed E-state index contributed by atoms with van der Waals surface area (Å²) in [5, 5.41) is 35.2. The Morgan fingerprint density at radius 2 is 1.23 bits per heavy atom. The van der Waals surface area contributed by atoms with Crippen molar-refractivity contribution in [3.8, 4) is 36.8 Å². The maximum atomic E-state index is 13.0. The van der Waals surface area contributed by atoms with Gasteiger partial charge in [-0.05, 0) is 93.3 Å². The highest BCUT2D eigenvalue weighted by atomic mass is 16.4. The number of carbonyl (C=O) groups is 6. The Balaban J connectivity index is 0.000000160. The predicted molar refractivity (Wildman–Crippen MR) is 204 cm³/mol. The minimum Gasteiger partial charge on any atom is -0.478 e. The molecule has 15 heteroatoms. The number of urea groups is 2. The number of nitriles is 2. The predicted octanol–water partition coefficient (Wildman–Crippen LogP) is 2.78. The molecule has 2 aromatic carbocycles. The lowest BCUT2D eigenvalue weighted by molar-refractivity contribution is -0.132. The van der Waals surface area contributed by atoms with Crippen LogP contribution in [-0.4, -0.2) is 106 Å². The van der Waals surface area contributed by atoms with Crippen LogP contribution >= 0.6 is 0 Å². The van der Waals surface area contributed by atoms with Crippen LogP contribution in [0.1, 0.15) is 94.3 Å². The molecule has 15 nitrogen and oxygen atoms in total. The zero-order chi connectivity index (χ0) is 40.9. The summed E-state index contributed by atoms with van der Waals surface area (Å²) in [5.74, 6) is 4.01. The van der Waals surface area contributed by atoms with E-state index in [0.29, 0.717) is 66.7 Å². The largest absolute Gasteiger partial charge is 0.478 e. The number of carbonyl (C=O) groups excluding carboxylic acids is 5. The van der Waals surface area contributed by atoms with Crippen LogP contribution in [0.5, 0.6) is 0 Å². The molecule has 4 aliphatic heterocycles. The van der Waals surface area contributed by atoms with Crippen molar-refractivity contribution in [1.29, 1.82) is 10.5 Å². The molecule has 2 saturated carbocycles. The van der Waals surface area contributed by atoms with Gasteiger partial charge in [0.2, 0.25) is 0 Å². The van der Waals surface area contributed by atoms with E-state index in [1.54, 1.807) is 17.0 Å². The normalized spacial score (nSPS) is 23.5. The first-order valence-electron chi connectivity index (χ1n) is 18.9. The minimum absolute atomic E-state index is 0.0191. The number of benzene rings is 2. The molecular weight excluding hydrogens is 729 g/mol. The molecule has 0 bridgehead atoms. The van der Waals surface area contributed by atoms with Crippen LogP contribution in [-0.2, 0) is 9.59 Å². The molecule has 57 heavy (non-hydrogen) atoms. The second-order valence-corrected chi connectivity index (χ2v) is 15.3. The van der Waals surface area contributed by atoms with Crippen LogP contribution in [0.4, 0.5) is 9.59 Å². The molecule has 7 amide bonds. The summed E-state index contributed by atoms with van der Waals surface area (Å²) < 4.78 is 0. The van der Waals surface area contributed by atoms with E-state index in [0.717, 1.165) is 45.1 Å². The van der Waals surface area contributed by atoms with Crippen LogP contribution in [0.2, 0.25) is 0 Å². The minimum atomic E-state index is -1.09. The number of hydrogen-bond donors (Lipinski definition) is 4. The van der Waals surface area contributed by atoms with Gasteiger partial charge in [0.05, 0.1) is 35.4 Å². The summed E-state index contributed by atoms with van der Waals surface area (Å²) in [5.41, 5.74) is 0.0975. The quantitative estimate of drug-likeness (QED) is 0.249. The van der Waals surface area contributed by atoms with Gasteiger partial charge in [0.15, 0.2) is 0 Å². The van der Waals surface area contributed by atoms with Gasteiger partial charge in [0.25, 0.3) is 17.7 Å². The van der Waals surface area contributed by atoms with Crippen molar-refractivity contribution in [1.82, 2.24) is 30.7 Å². The Morgan fingerprint density at radius 1 is 0.737 bits per heavy atom. The first kappa shape index (κ1) is 40.0. The number of hydrogen-bond acceptors (Lipinski definition) is 9. The number of nitrogens with zero attached hydrogens (tertiary/aromatic N) is 5. The Labute approximate surface area is 330 Å². The molecule has 6 aliphatic rings. The SMILES string of the molecule is C#Cc1cc(C#N)cc(C(=O)N2CCC3(C2)NC(=O)N(CC2CCC2)C3=O)c1.C#Cc1cc(C#N)cc(C(=O)O)c1.O=C1NC2(CCNC2)C(=O)N1CC1CCC1. The van der Waals surface area contributed by atoms with Gasteiger partial charge in [0, 0.05) is 42.9 Å². The molecule has 2 spiro atoms. The molecule has 292 valence electrons. The molecule has 2 unspecified atom stereocenters. The Morgan fingerprint density at radius 3 is 1.68 bits per heavy atom. The second kappa shape index (κ2) is 16.6. The number of likely N-dealkylation sites (tertiary alicyclic amines) is 1. The van der Waals surface area contributed by atoms with Gasteiger partial charge in [0.1, 0.15) is 11.1 Å². The fourth-order valence-corrected chi connectivity index (χ4v) is 7.77. The van der Waals surface area contributed by atoms with E-state index in [2.05, 4.69) is 27.8 Å². The monoisotopic (exact) mass is 770 g/mol. The Bertz CT molecular complexity index is 2110. The van der Waals surface area contributed by atoms with Gasteiger partial charge < -0.3 is 26.0 Å². The van der Waals surface area contributed by atoms with Crippen LogP contribution in [0.15, 0.2) is 36.4 Å². The van der Waals surface area contributed by atoms with Gasteiger partial charge in [-0.1, -0.05) is 24.7 Å². The number of rotatable bonds is 6. The summed E-state index contributed by atoms with van der Waals surface area (Å²) in [4.78, 5) is 77.1. The van der Waals surface area contributed by atoms with Crippen LogP contribution in [0.3, 0.4) is 0 Å². The molecule has 2 aliphatic carbocycles. The summed E-state index contributed by atoms with van der Waals surface area (Å²) in [6.45, 7) is 2.94. The number of carboxylic acids is 1. The topological polar surface area (TPSA) is 216 Å². The van der Waals surface area contributed by atoms with Gasteiger partial charge in [-0.2, -0.15) is 10.5 Å². The number of amides is 7. The number of terminal acetylenes is 2. The van der Waals surface area contributed by atoms with E-state index < -0.39 is 17.0 Å². The smallest absolute Gasteiger partial charge is 0.335 e. The molecule has 4 heterocycles. The van der Waals surface area contributed by atoms with E-state index >= 15 is 0 Å². The summed E-state index contributed by atoms with van der Waals surface area (Å²) in [6.07, 6.45) is 18.4. The van der Waals surface area contributed by atoms with Crippen molar-refractivity contribution in [2.24, 2.45) is 11.8 Å². The molecule has 6 fully saturated rings. The van der Waals surface area contributed by atoms with E-state index in [1.807, 2.05) is 12.1 Å². The third-order valence-electron chi connectivity index (χ3n) is 11.5. The number of carboxylic acid groups (broad SMARTS) is 1. The first-order valence-corrected chi connectivity index (χ1v) is 18.9. The zero-order valence-electron chi connectivity index (χ0n) is 31.3. The number of nitrogens with one attached hydrogen (secondary N) is 3. The molecule has 2 aromatic rings. The second-order valence-electron chi connectivity index (χ2n) is 15.3. The van der Waals surface area contributed by atoms with Crippen LogP contribution in [0.25, 0.3) is 0 Å². The molecule has 4 saturated heterocycles. The van der Waals surface area contributed by atoms with Crippen LogP contribution in [0, 0.1) is 59.2 Å². The van der Waals surface area contributed by atoms with Gasteiger partial charge in [-0.15, -0.1) is 12.8 Å². The molecule has 4 N–H and O–H groups in total. The van der Waals surface area contributed by atoms with Gasteiger partial charge in [-0.3, -0.25) is 24.2 Å². The third kappa shape index (κ3) is 8.30. The van der Waals surface area contributed by atoms with Gasteiger partial charge in [-0.25, -0.2) is 14.4 Å². The lowest BCUT2D eigenvalue weighted by atomic mass is 9.85. The van der Waals surface area contributed by atoms with E-state index in [1.165, 1.54) is 40.5 Å². The van der Waals surface area contributed by atoms with E-state index in [4.69, 9.17) is 28.5 Å². The lowest BCUT2D eigenvalue weighted by Gasteiger charge is -2.29. The molecule has 0 aromatic heterocycles. The summed E-state index contributed by atoms with van der Waals surface area (Å²) in [7, 11) is 0. The van der Waals surface area contributed by atoms with Gasteiger partial charge >= 0.3 is 18.0 Å². The molecule has 2 atom stereocenters. The zero-order valence-corrected chi connectivity index (χ0v) is 31.3. The molecular formula is C42H42N8O7. The van der Waals surface area contributed by atoms with Crippen molar-refractivity contribution in [2.45, 2.75) is 62.4 Å². The lowest BCUT2D eigenvalue weighted by Crippen LogP contribution is -2.50. The average Bonchev–Trinajstić information content (AvgIpc) is 3.94. The maximum Gasteiger partial charge on any atom is 0.335 e. The van der Waals surface area contributed by atoms with Crippen molar-refractivity contribution in [2.75, 3.05) is 39.3 Å². The maximum absolute atomic E-state index is 13.0. The van der Waals surface area contributed by atoms with E-state index in [-0.39, 0.29) is 47.5 Å². The Hall–Kier alpha value is -6.68.